The molecule has 8 aromatic rings. The van der Waals surface area contributed by atoms with Gasteiger partial charge < -0.3 is 0 Å². The molecule has 0 N–H and O–H groups in total. The molecule has 0 spiro atoms. The molecular weight excluding hydrogens is 588 g/mol. The number of benzene rings is 6. The standard InChI is InChI=1S/C39H27ClN4Si/c40-38-41-37(42-39(43-38)44-35-25-12-10-23-33(35)34-24-11-13-26-36(34)44)28-15-14-22-32(27-28)45(29-16-4-1-5-17-29,30-18-6-2-7-19-30)31-20-8-3-9-21-31/h1-27H/i1D,2D,3D,4D,5D,6D,7D,8D,9D,10D,11D,12D,13D,14D,15D,16D,17D,18D,19D,20D,21D,22D,23D,24D,25D,26D,27D. The van der Waals surface area contributed by atoms with E-state index in [2.05, 4.69) is 15.0 Å². The van der Waals surface area contributed by atoms with Crippen LogP contribution in [-0.2, 0) is 0 Å². The third-order valence-corrected chi connectivity index (χ3v) is 10.8. The number of rotatable bonds is 6. The number of hydrogen-bond acceptors (Lipinski definition) is 3. The fourth-order valence-electron chi connectivity index (χ4n) is 4.88. The lowest BCUT2D eigenvalue weighted by Crippen LogP contribution is -2.74. The van der Waals surface area contributed by atoms with Crippen LogP contribution < -0.4 is 20.7 Å². The zero-order chi connectivity index (χ0) is 53.7. The van der Waals surface area contributed by atoms with Gasteiger partial charge in [-0.15, -0.1) is 0 Å². The van der Waals surface area contributed by atoms with Gasteiger partial charge in [-0.05, 0) is 44.4 Å². The summed E-state index contributed by atoms with van der Waals surface area (Å²) in [6, 6.07) is -29.1. The predicted octanol–water partition coefficient (Wildman–Crippen LogP) is 6.67. The van der Waals surface area contributed by atoms with Crippen molar-refractivity contribution in [3.8, 4) is 17.3 Å². The minimum absolute atomic E-state index is 0.440. The minimum Gasteiger partial charge on any atom is -0.278 e. The second-order valence-electron chi connectivity index (χ2n) is 9.01. The largest absolute Gasteiger partial charge is 0.278 e. The van der Waals surface area contributed by atoms with Crippen LogP contribution >= 0.6 is 11.6 Å². The summed E-state index contributed by atoms with van der Waals surface area (Å²) in [6.45, 7) is 0. The molecule has 0 aliphatic heterocycles. The highest BCUT2D eigenvalue weighted by molar-refractivity contribution is 7.19. The van der Waals surface area contributed by atoms with E-state index in [4.69, 9.17) is 34.9 Å². The highest BCUT2D eigenvalue weighted by Gasteiger charge is 2.41. The van der Waals surface area contributed by atoms with Crippen LogP contribution in [0.1, 0.15) is 37.0 Å². The molecule has 0 bridgehead atoms. The fraction of sp³-hybridized carbons (Fsp3) is 0. The van der Waals surface area contributed by atoms with Gasteiger partial charge in [0.25, 0.3) is 0 Å². The maximum absolute atomic E-state index is 10.0. The van der Waals surface area contributed by atoms with Crippen molar-refractivity contribution in [3.63, 3.8) is 0 Å². The van der Waals surface area contributed by atoms with Crippen molar-refractivity contribution < 1.29 is 37.0 Å². The molecule has 2 heterocycles. The average Bonchev–Trinajstić information content (AvgIpc) is 3.71. The van der Waals surface area contributed by atoms with Crippen molar-refractivity contribution >= 4 is 62.2 Å². The number of hydrogen-bond donors (Lipinski definition) is 0. The lowest BCUT2D eigenvalue weighted by Gasteiger charge is -2.34. The van der Waals surface area contributed by atoms with Crippen LogP contribution in [0.15, 0.2) is 163 Å². The van der Waals surface area contributed by atoms with Crippen LogP contribution in [0.5, 0.6) is 0 Å². The molecule has 0 saturated carbocycles. The van der Waals surface area contributed by atoms with Crippen molar-refractivity contribution in [2.75, 3.05) is 0 Å². The molecule has 6 heteroatoms. The first-order valence-corrected chi connectivity index (χ1v) is 15.1. The van der Waals surface area contributed by atoms with Crippen LogP contribution in [0, 0.1) is 0 Å². The zero-order valence-electron chi connectivity index (χ0n) is 49.2. The van der Waals surface area contributed by atoms with Gasteiger partial charge in [0.1, 0.15) is 0 Å². The van der Waals surface area contributed by atoms with Crippen LogP contribution in [-0.4, -0.2) is 27.6 Å². The molecule has 0 aliphatic rings. The van der Waals surface area contributed by atoms with Crippen LogP contribution in [0.4, 0.5) is 0 Å². The second-order valence-corrected chi connectivity index (χ2v) is 12.8. The Hall–Kier alpha value is -5.36. The first kappa shape index (κ1) is 10.9. The third-order valence-electron chi connectivity index (χ3n) is 6.68. The summed E-state index contributed by atoms with van der Waals surface area (Å²) in [5.41, 5.74) is -2.07. The van der Waals surface area contributed by atoms with Gasteiger partial charge in [0.15, 0.2) is 13.9 Å². The molecule has 8 rings (SSSR count). The Kier molecular flexibility index (Phi) is 2.74. The zero-order valence-corrected chi connectivity index (χ0v) is 23.9. The van der Waals surface area contributed by atoms with Crippen molar-refractivity contribution in [3.05, 3.63) is 168 Å². The summed E-state index contributed by atoms with van der Waals surface area (Å²) in [4.78, 5) is 12.5. The maximum Gasteiger partial charge on any atom is 0.239 e. The van der Waals surface area contributed by atoms with Gasteiger partial charge in [0, 0.05) is 16.3 Å². The van der Waals surface area contributed by atoms with E-state index in [9.17, 15) is 13.7 Å². The molecular formula is C39H27ClN4Si. The number of fused-ring (bicyclic) bond motifs is 3. The van der Waals surface area contributed by atoms with Crippen LogP contribution in [0.25, 0.3) is 39.1 Å². The summed E-state index contributed by atoms with van der Waals surface area (Å²) in [7, 11) is -6.29. The Morgan fingerprint density at radius 1 is 0.489 bits per heavy atom. The summed E-state index contributed by atoms with van der Waals surface area (Å²) in [5.74, 6) is -1.76. The Morgan fingerprint density at radius 2 is 0.956 bits per heavy atom. The molecule has 0 unspecified atom stereocenters. The predicted molar refractivity (Wildman–Crippen MR) is 188 cm³/mol. The Labute approximate surface area is 305 Å². The first-order chi connectivity index (χ1) is 33.4. The normalized spacial score (nSPS) is 20.1. The molecule has 45 heavy (non-hydrogen) atoms. The van der Waals surface area contributed by atoms with Gasteiger partial charge >= 0.3 is 0 Å². The van der Waals surface area contributed by atoms with Crippen LogP contribution in [0.3, 0.4) is 0 Å². The van der Waals surface area contributed by atoms with E-state index in [1.54, 1.807) is 0 Å². The smallest absolute Gasteiger partial charge is 0.239 e. The number of para-hydroxylation sites is 2. The van der Waals surface area contributed by atoms with Crippen molar-refractivity contribution in [1.82, 2.24) is 19.5 Å². The number of halogens is 1. The Morgan fingerprint density at radius 3 is 1.49 bits per heavy atom. The van der Waals surface area contributed by atoms with E-state index in [0.29, 0.717) is 0 Å². The highest BCUT2D eigenvalue weighted by atomic mass is 35.5. The van der Waals surface area contributed by atoms with E-state index in [1.165, 1.54) is 0 Å². The SMILES string of the molecule is [2H]c1c([2H])c([2H])c([Si](c2c([2H])c([2H])c([2H])c([2H])c2[2H])(c2c([2H])c([2H])c([2H])c([2H])c2[2H])c2c([2H])c([2H])c([2H])c(-c3nc(Cl)nc(-n4c5c([2H])c([2H])c([2H])c([2H])c5c5c([2H])c([2H])c([2H])c([2H])c54)n3)c2[2H])c([2H])c1[2H]. The molecule has 2 aromatic heterocycles. The highest BCUT2D eigenvalue weighted by Crippen LogP contribution is 2.31. The van der Waals surface area contributed by atoms with Gasteiger partial charge in [-0.25, -0.2) is 0 Å². The molecule has 4 nitrogen and oxygen atoms in total. The second kappa shape index (κ2) is 11.3. The molecule has 0 amide bonds. The fourth-order valence-corrected chi connectivity index (χ4v) is 8.60. The quantitative estimate of drug-likeness (QED) is 0.151. The van der Waals surface area contributed by atoms with E-state index in [0.717, 1.165) is 4.57 Å². The van der Waals surface area contributed by atoms with Gasteiger partial charge in [0.05, 0.1) is 48.0 Å². The molecule has 0 radical (unpaired) electrons. The van der Waals surface area contributed by atoms with E-state index in [-0.39, 0.29) is 0 Å². The topological polar surface area (TPSA) is 43.6 Å². The Balaban J connectivity index is 1.68. The van der Waals surface area contributed by atoms with Crippen molar-refractivity contribution in [2.24, 2.45) is 0 Å². The summed E-state index contributed by atoms with van der Waals surface area (Å²) >= 11 is 6.54. The van der Waals surface area contributed by atoms with Crippen molar-refractivity contribution in [1.29, 1.82) is 0 Å². The van der Waals surface area contributed by atoms with Gasteiger partial charge in [0.2, 0.25) is 11.2 Å². The molecule has 0 atom stereocenters. The number of aromatic nitrogens is 4. The van der Waals surface area contributed by atoms with Gasteiger partial charge in [-0.1, -0.05) is 151 Å². The number of nitrogens with zero attached hydrogens (tertiary/aromatic N) is 4. The van der Waals surface area contributed by atoms with Crippen molar-refractivity contribution in [2.45, 2.75) is 0 Å². The van der Waals surface area contributed by atoms with E-state index >= 15 is 0 Å². The molecule has 6 aromatic carbocycles. The van der Waals surface area contributed by atoms with Crippen LogP contribution in [0.2, 0.25) is 5.28 Å². The molecule has 214 valence electrons. The molecule has 0 fully saturated rings. The molecule has 0 saturated heterocycles. The van der Waals surface area contributed by atoms with Gasteiger partial charge in [-0.2, -0.15) is 15.0 Å². The Bertz CT molecular complexity index is 3490. The third kappa shape index (κ3) is 4.56. The lowest BCUT2D eigenvalue weighted by molar-refractivity contribution is 0.947. The monoisotopic (exact) mass is 641 g/mol. The first-order valence-electron chi connectivity index (χ1n) is 26.2. The maximum atomic E-state index is 10.0. The van der Waals surface area contributed by atoms with E-state index < -0.39 is 236 Å². The summed E-state index contributed by atoms with van der Waals surface area (Å²) in [5, 5.41) is -6.23. The molecule has 0 aliphatic carbocycles. The lowest BCUT2D eigenvalue weighted by atomic mass is 10.2. The summed E-state index contributed by atoms with van der Waals surface area (Å²) < 4.78 is 242. The van der Waals surface area contributed by atoms with Gasteiger partial charge in [-0.3, -0.25) is 4.57 Å². The average molecular weight is 642 g/mol. The van der Waals surface area contributed by atoms with E-state index in [1.807, 2.05) is 0 Å². The summed E-state index contributed by atoms with van der Waals surface area (Å²) in [6.07, 6.45) is 0. The minimum atomic E-state index is -6.29.